The Morgan fingerprint density at radius 3 is 2.25 bits per heavy atom. The Morgan fingerprint density at radius 2 is 1.61 bits per heavy atom. The molecule has 3 aromatic rings. The number of sulfonamides is 1. The van der Waals surface area contributed by atoms with Crippen molar-refractivity contribution in [3.05, 3.63) is 65.5 Å². The van der Waals surface area contributed by atoms with Gasteiger partial charge in [-0.25, -0.2) is 23.1 Å². The van der Waals surface area contributed by atoms with Gasteiger partial charge in [-0.15, -0.1) is 0 Å². The van der Waals surface area contributed by atoms with Gasteiger partial charge in [0, 0.05) is 11.9 Å². The van der Waals surface area contributed by atoms with Gasteiger partial charge in [-0.1, -0.05) is 36.4 Å². The first kappa shape index (κ1) is 20.0. The number of para-hydroxylation sites is 1. The summed E-state index contributed by atoms with van der Waals surface area (Å²) >= 11 is 0. The molecule has 0 saturated carbocycles. The van der Waals surface area contributed by atoms with Gasteiger partial charge in [0.15, 0.2) is 0 Å². The summed E-state index contributed by atoms with van der Waals surface area (Å²) in [4.78, 5) is 7.21. The van der Waals surface area contributed by atoms with E-state index in [2.05, 4.69) is 20.0 Å². The first-order valence-corrected chi connectivity index (χ1v) is 9.90. The summed E-state index contributed by atoms with van der Waals surface area (Å²) < 4.78 is 64.6. The second kappa shape index (κ2) is 7.72. The van der Waals surface area contributed by atoms with Crippen LogP contribution >= 0.6 is 0 Å². The van der Waals surface area contributed by atoms with Gasteiger partial charge in [-0.3, -0.25) is 0 Å². The molecule has 6 nitrogen and oxygen atoms in total. The molecule has 0 bridgehead atoms. The lowest BCUT2D eigenvalue weighted by Gasteiger charge is -2.12. The topological polar surface area (TPSA) is 84.0 Å². The monoisotopic (exact) mass is 410 g/mol. The Kier molecular flexibility index (Phi) is 5.52. The van der Waals surface area contributed by atoms with Gasteiger partial charge >= 0.3 is 6.18 Å². The summed E-state index contributed by atoms with van der Waals surface area (Å²) in [6.07, 6.45) is -4.65. The number of rotatable bonds is 6. The summed E-state index contributed by atoms with van der Waals surface area (Å²) in [7, 11) is -2.03. The van der Waals surface area contributed by atoms with Crippen molar-refractivity contribution in [3.63, 3.8) is 0 Å². The molecule has 0 saturated heterocycles. The number of nitrogens with one attached hydrogen (secondary N) is 2. The third kappa shape index (κ3) is 4.76. The highest BCUT2D eigenvalue weighted by atomic mass is 32.2. The van der Waals surface area contributed by atoms with Gasteiger partial charge in [-0.2, -0.15) is 13.2 Å². The van der Waals surface area contributed by atoms with Crippen LogP contribution in [0.3, 0.4) is 0 Å². The molecule has 3 rings (SSSR count). The van der Waals surface area contributed by atoms with E-state index >= 15 is 0 Å². The van der Waals surface area contributed by atoms with Crippen LogP contribution in [0.25, 0.3) is 10.9 Å². The third-order valence-electron chi connectivity index (χ3n) is 4.01. The largest absolute Gasteiger partial charge is 0.451 e. The number of anilines is 1. The Hall–Kier alpha value is -2.72. The molecule has 148 valence electrons. The molecule has 28 heavy (non-hydrogen) atoms. The molecular formula is C18H17F3N4O2S. The molecule has 1 aromatic heterocycles. The van der Waals surface area contributed by atoms with Crippen molar-refractivity contribution in [3.8, 4) is 0 Å². The van der Waals surface area contributed by atoms with Crippen molar-refractivity contribution >= 4 is 26.7 Å². The highest BCUT2D eigenvalue weighted by molar-refractivity contribution is 7.88. The van der Waals surface area contributed by atoms with Crippen LogP contribution in [0, 0.1) is 0 Å². The number of fused-ring (bicyclic) bond motifs is 1. The lowest BCUT2D eigenvalue weighted by molar-refractivity contribution is -0.144. The van der Waals surface area contributed by atoms with E-state index in [4.69, 9.17) is 0 Å². The fraction of sp³-hybridized carbons (Fsp3) is 0.222. The van der Waals surface area contributed by atoms with E-state index in [9.17, 15) is 21.6 Å². The second-order valence-corrected chi connectivity index (χ2v) is 7.97. The van der Waals surface area contributed by atoms with Gasteiger partial charge in [0.1, 0.15) is 5.82 Å². The van der Waals surface area contributed by atoms with Crippen LogP contribution in [-0.2, 0) is 28.5 Å². The lowest BCUT2D eigenvalue weighted by atomic mass is 10.1. The standard InChI is InChI=1S/C18H17F3N4O2S/c1-22-28(26,27)11-13-8-6-12(7-9-13)10-23-16-14-4-2-3-5-15(14)24-17(25-16)18(19,20)21/h2-9,22H,10-11H2,1H3,(H,23,24,25). The first-order chi connectivity index (χ1) is 13.2. The maximum atomic E-state index is 13.1. The average molecular weight is 410 g/mol. The zero-order chi connectivity index (χ0) is 20.4. The van der Waals surface area contributed by atoms with Crippen LogP contribution < -0.4 is 10.0 Å². The van der Waals surface area contributed by atoms with Crippen LogP contribution in [0.1, 0.15) is 17.0 Å². The van der Waals surface area contributed by atoms with Crippen molar-refractivity contribution in [2.24, 2.45) is 0 Å². The first-order valence-electron chi connectivity index (χ1n) is 8.25. The Bertz CT molecular complexity index is 1080. The molecule has 10 heteroatoms. The molecule has 0 aliphatic heterocycles. The number of hydrogen-bond acceptors (Lipinski definition) is 5. The normalized spacial score (nSPS) is 12.3. The fourth-order valence-corrected chi connectivity index (χ4v) is 3.34. The molecule has 0 unspecified atom stereocenters. The fourth-order valence-electron chi connectivity index (χ4n) is 2.57. The molecule has 0 fully saturated rings. The van der Waals surface area contributed by atoms with Gasteiger partial charge in [0.25, 0.3) is 0 Å². The van der Waals surface area contributed by atoms with E-state index in [0.29, 0.717) is 10.9 Å². The Morgan fingerprint density at radius 1 is 0.964 bits per heavy atom. The smallest absolute Gasteiger partial charge is 0.365 e. The molecular weight excluding hydrogens is 393 g/mol. The minimum absolute atomic E-state index is 0.0831. The SMILES string of the molecule is CNS(=O)(=O)Cc1ccc(CNc2nc(C(F)(F)F)nc3ccccc23)cc1. The van der Waals surface area contributed by atoms with E-state index < -0.39 is 22.0 Å². The van der Waals surface area contributed by atoms with Gasteiger partial charge in [0.05, 0.1) is 11.3 Å². The second-order valence-electron chi connectivity index (χ2n) is 6.04. The molecule has 2 N–H and O–H groups in total. The molecule has 0 aliphatic carbocycles. The van der Waals surface area contributed by atoms with E-state index in [1.807, 2.05) is 0 Å². The highest BCUT2D eigenvalue weighted by Crippen LogP contribution is 2.30. The van der Waals surface area contributed by atoms with Gasteiger partial charge in [0.2, 0.25) is 15.8 Å². The molecule has 0 spiro atoms. The number of alkyl halides is 3. The van der Waals surface area contributed by atoms with Crippen molar-refractivity contribution in [2.75, 3.05) is 12.4 Å². The number of halogens is 3. The molecule has 0 radical (unpaired) electrons. The van der Waals surface area contributed by atoms with Crippen LogP contribution in [0.5, 0.6) is 0 Å². The molecule has 0 amide bonds. The Labute approximate surface area is 159 Å². The highest BCUT2D eigenvalue weighted by Gasteiger charge is 2.35. The predicted octanol–water partition coefficient (Wildman–Crippen LogP) is 3.31. The van der Waals surface area contributed by atoms with Crippen LogP contribution in [0.2, 0.25) is 0 Å². The van der Waals surface area contributed by atoms with E-state index in [-0.39, 0.29) is 23.6 Å². The molecule has 0 aliphatic rings. The number of hydrogen-bond donors (Lipinski definition) is 2. The summed E-state index contributed by atoms with van der Waals surface area (Å²) in [5, 5.41) is 3.39. The van der Waals surface area contributed by atoms with Crippen LogP contribution in [-0.4, -0.2) is 25.4 Å². The summed E-state index contributed by atoms with van der Waals surface area (Å²) in [5.74, 6) is -1.27. The maximum absolute atomic E-state index is 13.1. The lowest BCUT2D eigenvalue weighted by Crippen LogP contribution is -2.20. The van der Waals surface area contributed by atoms with E-state index in [0.717, 1.165) is 5.56 Å². The molecule has 0 atom stereocenters. The number of benzene rings is 2. The van der Waals surface area contributed by atoms with Gasteiger partial charge in [-0.05, 0) is 30.3 Å². The van der Waals surface area contributed by atoms with Crippen molar-refractivity contribution in [1.29, 1.82) is 0 Å². The summed E-state index contributed by atoms with van der Waals surface area (Å²) in [6, 6.07) is 13.2. The minimum Gasteiger partial charge on any atom is -0.365 e. The van der Waals surface area contributed by atoms with Crippen molar-refractivity contribution < 1.29 is 21.6 Å². The maximum Gasteiger partial charge on any atom is 0.451 e. The Balaban J connectivity index is 1.82. The molecule has 2 aromatic carbocycles. The average Bonchev–Trinajstić information content (AvgIpc) is 2.66. The van der Waals surface area contributed by atoms with E-state index in [1.54, 1.807) is 42.5 Å². The zero-order valence-electron chi connectivity index (χ0n) is 14.8. The number of nitrogens with zero attached hydrogens (tertiary/aromatic N) is 2. The molecule has 1 heterocycles. The number of aromatic nitrogens is 2. The van der Waals surface area contributed by atoms with Crippen molar-refractivity contribution in [2.45, 2.75) is 18.5 Å². The van der Waals surface area contributed by atoms with Crippen LogP contribution in [0.4, 0.5) is 19.0 Å². The van der Waals surface area contributed by atoms with Crippen molar-refractivity contribution in [1.82, 2.24) is 14.7 Å². The predicted molar refractivity (Wildman–Crippen MR) is 100.0 cm³/mol. The zero-order valence-corrected chi connectivity index (χ0v) is 15.6. The van der Waals surface area contributed by atoms with Crippen LogP contribution in [0.15, 0.2) is 48.5 Å². The summed E-state index contributed by atoms with van der Waals surface area (Å²) in [6.45, 7) is 0.220. The van der Waals surface area contributed by atoms with E-state index in [1.165, 1.54) is 13.1 Å². The quantitative estimate of drug-likeness (QED) is 0.651. The third-order valence-corrected chi connectivity index (χ3v) is 5.34. The van der Waals surface area contributed by atoms with Gasteiger partial charge < -0.3 is 5.32 Å². The minimum atomic E-state index is -4.65. The summed E-state index contributed by atoms with van der Waals surface area (Å²) in [5.41, 5.74) is 1.56.